The molecule has 0 saturated heterocycles. The van der Waals surface area contributed by atoms with Crippen molar-refractivity contribution >= 4 is 29.2 Å². The van der Waals surface area contributed by atoms with Gasteiger partial charge in [0.25, 0.3) is 5.91 Å². The largest absolute Gasteiger partial charge is 0.495 e. The number of rotatable bonds is 9. The van der Waals surface area contributed by atoms with Gasteiger partial charge in [0, 0.05) is 11.3 Å². The highest BCUT2D eigenvalue weighted by atomic mass is 35.5. The van der Waals surface area contributed by atoms with Gasteiger partial charge in [0.15, 0.2) is 6.10 Å². The number of nitrogens with one attached hydrogen (secondary N) is 1. The number of amides is 1. The van der Waals surface area contributed by atoms with Crippen molar-refractivity contribution in [3.63, 3.8) is 0 Å². The summed E-state index contributed by atoms with van der Waals surface area (Å²) < 4.78 is 15.8. The van der Waals surface area contributed by atoms with Crippen molar-refractivity contribution in [3.8, 4) is 11.5 Å². The molecule has 0 saturated carbocycles. The van der Waals surface area contributed by atoms with E-state index in [0.717, 1.165) is 12.8 Å². The van der Waals surface area contributed by atoms with Gasteiger partial charge < -0.3 is 19.5 Å². The number of anilines is 1. The number of benzene rings is 2. The summed E-state index contributed by atoms with van der Waals surface area (Å²) in [5, 5.41) is 3.17. The maximum Gasteiger partial charge on any atom is 0.347 e. The number of halogens is 1. The molecule has 0 heterocycles. The van der Waals surface area contributed by atoms with Crippen LogP contribution in [0.15, 0.2) is 42.5 Å². The lowest BCUT2D eigenvalue weighted by atomic mass is 10.2. The molecule has 28 heavy (non-hydrogen) atoms. The van der Waals surface area contributed by atoms with Gasteiger partial charge >= 0.3 is 5.97 Å². The molecule has 2 aromatic carbocycles. The molecule has 0 aromatic heterocycles. The molecule has 1 amide bonds. The molecule has 0 aliphatic rings. The minimum atomic E-state index is -0.724. The summed E-state index contributed by atoms with van der Waals surface area (Å²) in [7, 11) is 1.52. The predicted octanol–water partition coefficient (Wildman–Crippen LogP) is 4.71. The fraction of sp³-hybridized carbons (Fsp3) is 0.333. The summed E-state index contributed by atoms with van der Waals surface area (Å²) in [6, 6.07) is 11.5. The van der Waals surface area contributed by atoms with E-state index < -0.39 is 12.1 Å². The molecule has 1 N–H and O–H groups in total. The third-order valence-corrected chi connectivity index (χ3v) is 4.21. The number of esters is 1. The lowest BCUT2D eigenvalue weighted by Gasteiger charge is -2.14. The van der Waals surface area contributed by atoms with Crippen molar-refractivity contribution in [2.45, 2.75) is 32.8 Å². The topological polar surface area (TPSA) is 73.9 Å². The van der Waals surface area contributed by atoms with E-state index in [9.17, 15) is 9.59 Å². The van der Waals surface area contributed by atoms with Gasteiger partial charge in [-0.2, -0.15) is 0 Å². The van der Waals surface area contributed by atoms with Crippen LogP contribution in [0.2, 0.25) is 5.02 Å². The van der Waals surface area contributed by atoms with E-state index in [0.29, 0.717) is 34.4 Å². The third kappa shape index (κ3) is 6.16. The zero-order valence-electron chi connectivity index (χ0n) is 16.2. The average Bonchev–Trinajstić information content (AvgIpc) is 2.68. The van der Waals surface area contributed by atoms with Gasteiger partial charge in [-0.25, -0.2) is 4.79 Å². The van der Waals surface area contributed by atoms with Crippen LogP contribution in [0.4, 0.5) is 5.69 Å². The van der Waals surface area contributed by atoms with Crippen LogP contribution in [0.1, 0.15) is 37.0 Å². The SMILES string of the molecule is CCCCOC(=O)C(C)Oc1ccc(C(=O)Nc2ccc(OC)c(Cl)c2)cc1. The summed E-state index contributed by atoms with van der Waals surface area (Å²) in [5.74, 6) is 0.305. The summed E-state index contributed by atoms with van der Waals surface area (Å²) in [5.41, 5.74) is 0.997. The van der Waals surface area contributed by atoms with Gasteiger partial charge in [-0.1, -0.05) is 24.9 Å². The van der Waals surface area contributed by atoms with Crippen LogP contribution in [0, 0.1) is 0 Å². The van der Waals surface area contributed by atoms with Crippen LogP contribution >= 0.6 is 11.6 Å². The molecule has 0 bridgehead atoms. The zero-order chi connectivity index (χ0) is 20.5. The van der Waals surface area contributed by atoms with Crippen LogP contribution in [-0.4, -0.2) is 31.7 Å². The molecule has 1 unspecified atom stereocenters. The third-order valence-electron chi connectivity index (χ3n) is 3.91. The highest BCUT2D eigenvalue weighted by Gasteiger charge is 2.16. The lowest BCUT2D eigenvalue weighted by Crippen LogP contribution is -2.26. The van der Waals surface area contributed by atoms with Crippen LogP contribution in [-0.2, 0) is 9.53 Å². The fourth-order valence-electron chi connectivity index (χ4n) is 2.32. The predicted molar refractivity (Wildman–Crippen MR) is 108 cm³/mol. The van der Waals surface area contributed by atoms with Crippen molar-refractivity contribution in [2.24, 2.45) is 0 Å². The number of ether oxygens (including phenoxy) is 3. The van der Waals surface area contributed by atoms with Gasteiger partial charge in [-0.05, 0) is 55.8 Å². The smallest absolute Gasteiger partial charge is 0.347 e. The number of unbranched alkanes of at least 4 members (excludes halogenated alkanes) is 1. The first-order valence-electron chi connectivity index (χ1n) is 9.02. The van der Waals surface area contributed by atoms with Crippen LogP contribution < -0.4 is 14.8 Å². The Hall–Kier alpha value is -2.73. The number of hydrogen-bond acceptors (Lipinski definition) is 5. The minimum absolute atomic E-state index is 0.292. The second-order valence-electron chi connectivity index (χ2n) is 6.11. The van der Waals surface area contributed by atoms with Crippen molar-refractivity contribution in [1.82, 2.24) is 0 Å². The summed E-state index contributed by atoms with van der Waals surface area (Å²) in [6.45, 7) is 4.04. The maximum atomic E-state index is 12.4. The quantitative estimate of drug-likeness (QED) is 0.483. The molecular weight excluding hydrogens is 382 g/mol. The van der Waals surface area contributed by atoms with E-state index in [1.54, 1.807) is 49.4 Å². The molecule has 6 nitrogen and oxygen atoms in total. The van der Waals surface area contributed by atoms with E-state index in [2.05, 4.69) is 5.32 Å². The van der Waals surface area contributed by atoms with Crippen LogP contribution in [0.3, 0.4) is 0 Å². The average molecular weight is 406 g/mol. The standard InChI is InChI=1S/C21H24ClNO5/c1-4-5-12-27-21(25)14(2)28-17-9-6-15(7-10-17)20(24)23-16-8-11-19(26-3)18(22)13-16/h6-11,13-14H,4-5,12H2,1-3H3,(H,23,24). The van der Waals surface area contributed by atoms with Gasteiger partial charge in [0.2, 0.25) is 0 Å². The molecule has 0 aliphatic carbocycles. The summed E-state index contributed by atoms with van der Waals surface area (Å²) >= 11 is 6.06. The summed E-state index contributed by atoms with van der Waals surface area (Å²) in [4.78, 5) is 24.2. The number of hydrogen-bond donors (Lipinski definition) is 1. The molecule has 2 aromatic rings. The van der Waals surface area contributed by atoms with E-state index >= 15 is 0 Å². The Bertz CT molecular complexity index is 807. The van der Waals surface area contributed by atoms with Crippen LogP contribution in [0.5, 0.6) is 11.5 Å². The Morgan fingerprint density at radius 2 is 1.86 bits per heavy atom. The molecule has 7 heteroatoms. The Balaban J connectivity index is 1.93. The van der Waals surface area contributed by atoms with E-state index in [-0.39, 0.29) is 5.91 Å². The molecule has 0 radical (unpaired) electrons. The first-order valence-corrected chi connectivity index (χ1v) is 9.40. The normalized spacial score (nSPS) is 11.4. The second-order valence-corrected chi connectivity index (χ2v) is 6.52. The van der Waals surface area contributed by atoms with Gasteiger partial charge in [-0.15, -0.1) is 0 Å². The molecule has 0 fully saturated rings. The number of methoxy groups -OCH3 is 1. The Kier molecular flexibility index (Phi) is 8.14. The Morgan fingerprint density at radius 1 is 1.14 bits per heavy atom. The van der Waals surface area contributed by atoms with E-state index in [1.807, 2.05) is 6.92 Å². The zero-order valence-corrected chi connectivity index (χ0v) is 16.9. The highest BCUT2D eigenvalue weighted by molar-refractivity contribution is 6.32. The van der Waals surface area contributed by atoms with Crippen molar-refractivity contribution in [2.75, 3.05) is 19.0 Å². The van der Waals surface area contributed by atoms with Crippen LogP contribution in [0.25, 0.3) is 0 Å². The monoisotopic (exact) mass is 405 g/mol. The minimum Gasteiger partial charge on any atom is -0.495 e. The van der Waals surface area contributed by atoms with E-state index in [4.69, 9.17) is 25.8 Å². The number of carbonyl (C=O) groups excluding carboxylic acids is 2. The Morgan fingerprint density at radius 3 is 2.46 bits per heavy atom. The Labute approximate surface area is 169 Å². The first-order chi connectivity index (χ1) is 13.4. The lowest BCUT2D eigenvalue weighted by molar-refractivity contribution is -0.151. The molecular formula is C21H24ClNO5. The second kappa shape index (κ2) is 10.6. The fourth-order valence-corrected chi connectivity index (χ4v) is 2.58. The van der Waals surface area contributed by atoms with Crippen molar-refractivity contribution in [3.05, 3.63) is 53.1 Å². The number of carbonyl (C=O) groups is 2. The molecule has 0 aliphatic heterocycles. The van der Waals surface area contributed by atoms with Gasteiger partial charge in [0.05, 0.1) is 18.7 Å². The first kappa shape index (κ1) is 21.6. The summed E-state index contributed by atoms with van der Waals surface area (Å²) in [6.07, 6.45) is 1.05. The molecule has 0 spiro atoms. The molecule has 1 atom stereocenters. The van der Waals surface area contributed by atoms with Crippen molar-refractivity contribution < 1.29 is 23.8 Å². The van der Waals surface area contributed by atoms with E-state index in [1.165, 1.54) is 7.11 Å². The van der Waals surface area contributed by atoms with Gasteiger partial charge in [0.1, 0.15) is 11.5 Å². The van der Waals surface area contributed by atoms with Gasteiger partial charge in [-0.3, -0.25) is 4.79 Å². The van der Waals surface area contributed by atoms with Crippen molar-refractivity contribution in [1.29, 1.82) is 0 Å². The molecule has 150 valence electrons. The maximum absolute atomic E-state index is 12.4. The molecule has 2 rings (SSSR count). The highest BCUT2D eigenvalue weighted by Crippen LogP contribution is 2.27.